The number of benzene rings is 2. The van der Waals surface area contributed by atoms with Gasteiger partial charge in [0.15, 0.2) is 17.2 Å². The Bertz CT molecular complexity index is 1230. The number of amides is 2. The van der Waals surface area contributed by atoms with Crippen molar-refractivity contribution in [1.29, 1.82) is 0 Å². The first kappa shape index (κ1) is 26.4. The highest BCUT2D eigenvalue weighted by molar-refractivity contribution is 6.31. The van der Waals surface area contributed by atoms with Crippen LogP contribution in [-0.2, 0) is 4.79 Å². The Morgan fingerprint density at radius 2 is 1.73 bits per heavy atom. The van der Waals surface area contributed by atoms with Gasteiger partial charge in [-0.2, -0.15) is 0 Å². The minimum atomic E-state index is -0.364. The fraction of sp³-hybridized carbons (Fsp3) is 0.357. The number of fused-ring (bicyclic) bond motifs is 2. The summed E-state index contributed by atoms with van der Waals surface area (Å²) in [5, 5.41) is 3.30. The number of nitrogens with zero attached hydrogens (tertiary/aromatic N) is 3. The highest BCUT2D eigenvalue weighted by atomic mass is 35.5. The van der Waals surface area contributed by atoms with Crippen molar-refractivity contribution < 1.29 is 19.1 Å². The predicted octanol–water partition coefficient (Wildman–Crippen LogP) is 6.08. The fourth-order valence-electron chi connectivity index (χ4n) is 3.95. The zero-order valence-electron chi connectivity index (χ0n) is 21.1. The Balaban J connectivity index is 1.59. The molecular weight excluding hydrogens is 492 g/mol. The molecule has 0 bridgehead atoms. The quantitative estimate of drug-likeness (QED) is 0.438. The first-order chi connectivity index (χ1) is 17.9. The number of rotatable bonds is 2. The normalized spacial score (nSPS) is 15.1. The van der Waals surface area contributed by atoms with Gasteiger partial charge in [0.2, 0.25) is 5.91 Å². The summed E-state index contributed by atoms with van der Waals surface area (Å²) in [5.41, 5.74) is 0.750. The van der Waals surface area contributed by atoms with Crippen LogP contribution in [0.25, 0.3) is 0 Å². The van der Waals surface area contributed by atoms with Crippen LogP contribution in [0.15, 0.2) is 54.9 Å². The average Bonchev–Trinajstić information content (AvgIpc) is 2.89. The molecule has 0 saturated carbocycles. The third-order valence-electron chi connectivity index (χ3n) is 5.92. The highest BCUT2D eigenvalue weighted by Gasteiger charge is 2.21. The minimum Gasteiger partial charge on any atom is -0.490 e. The summed E-state index contributed by atoms with van der Waals surface area (Å²) < 4.78 is 12.1. The summed E-state index contributed by atoms with van der Waals surface area (Å²) in [6, 6.07) is 12.4. The molecule has 0 spiro atoms. The Morgan fingerprint density at radius 3 is 2.49 bits per heavy atom. The Morgan fingerprint density at radius 1 is 1.00 bits per heavy atom. The number of anilines is 1. The molecular formula is C28H31ClN4O4. The third-order valence-corrected chi connectivity index (χ3v) is 6.16. The van der Waals surface area contributed by atoms with E-state index in [4.69, 9.17) is 21.1 Å². The largest absolute Gasteiger partial charge is 0.490 e. The van der Waals surface area contributed by atoms with Gasteiger partial charge >= 0.3 is 0 Å². The maximum atomic E-state index is 13.3. The van der Waals surface area contributed by atoms with Crippen molar-refractivity contribution in [3.05, 3.63) is 71.3 Å². The number of nitrogens with one attached hydrogen (secondary N) is 1. The number of hydrogen-bond donors (Lipinski definition) is 1. The van der Waals surface area contributed by atoms with E-state index in [-0.39, 0.29) is 24.3 Å². The summed E-state index contributed by atoms with van der Waals surface area (Å²) >= 11 is 6.22. The van der Waals surface area contributed by atoms with Crippen LogP contribution in [0.2, 0.25) is 5.02 Å². The molecule has 1 aliphatic heterocycles. The monoisotopic (exact) mass is 522 g/mol. The van der Waals surface area contributed by atoms with E-state index >= 15 is 0 Å². The second kappa shape index (κ2) is 12.5. The second-order valence-electron chi connectivity index (χ2n) is 9.21. The highest BCUT2D eigenvalue weighted by Crippen LogP contribution is 2.36. The SMILES string of the molecule is CC(C)c1ncc(C(=O)N2CCCCCCOc3ccccc3Oc3ccc(Cl)cc3NC(=O)C2)cn1. The maximum Gasteiger partial charge on any atom is 0.257 e. The molecule has 1 aliphatic rings. The molecule has 0 fully saturated rings. The van der Waals surface area contributed by atoms with Crippen molar-refractivity contribution >= 4 is 29.1 Å². The number of para-hydroxylation sites is 2. The van der Waals surface area contributed by atoms with Crippen LogP contribution < -0.4 is 14.8 Å². The van der Waals surface area contributed by atoms with Crippen LogP contribution in [-0.4, -0.2) is 46.4 Å². The lowest BCUT2D eigenvalue weighted by atomic mass is 10.1. The summed E-state index contributed by atoms with van der Waals surface area (Å²) in [4.78, 5) is 36.6. The third kappa shape index (κ3) is 7.20. The standard InChI is InChI=1S/C28H31ClN4O4/c1-19(2)27-30-16-20(17-31-27)28(35)33-13-7-3-4-8-14-36-24-9-5-6-10-25(24)37-23-12-11-21(29)15-22(23)32-26(34)18-33/h5-6,9-12,15-17,19H,3-4,7-8,13-14,18H2,1-2H3,(H,32,34). The molecule has 0 saturated heterocycles. The number of carbonyl (C=O) groups excluding carboxylic acids is 2. The first-order valence-electron chi connectivity index (χ1n) is 12.5. The zero-order chi connectivity index (χ0) is 26.2. The van der Waals surface area contributed by atoms with E-state index in [1.54, 1.807) is 18.2 Å². The van der Waals surface area contributed by atoms with Crippen LogP contribution in [0.4, 0.5) is 5.69 Å². The number of aromatic nitrogens is 2. The number of carbonyl (C=O) groups is 2. The van der Waals surface area contributed by atoms with E-state index in [1.807, 2.05) is 38.1 Å². The van der Waals surface area contributed by atoms with Gasteiger partial charge in [-0.05, 0) is 43.2 Å². The van der Waals surface area contributed by atoms with E-state index in [0.717, 1.165) is 25.7 Å². The van der Waals surface area contributed by atoms with Gasteiger partial charge in [-0.3, -0.25) is 9.59 Å². The molecule has 0 unspecified atom stereocenters. The lowest BCUT2D eigenvalue weighted by Crippen LogP contribution is -2.39. The van der Waals surface area contributed by atoms with Crippen LogP contribution in [0.3, 0.4) is 0 Å². The fourth-order valence-corrected chi connectivity index (χ4v) is 4.12. The summed E-state index contributed by atoms with van der Waals surface area (Å²) in [6.07, 6.45) is 6.50. The van der Waals surface area contributed by atoms with Gasteiger partial charge in [0.05, 0.1) is 17.9 Å². The topological polar surface area (TPSA) is 93.7 Å². The molecule has 2 aromatic carbocycles. The average molecular weight is 523 g/mol. The van der Waals surface area contributed by atoms with Crippen molar-refractivity contribution in [2.45, 2.75) is 45.4 Å². The van der Waals surface area contributed by atoms with Gasteiger partial charge in [0.1, 0.15) is 12.4 Å². The Labute approximate surface area is 222 Å². The van der Waals surface area contributed by atoms with Gasteiger partial charge in [-0.1, -0.05) is 50.4 Å². The summed E-state index contributed by atoms with van der Waals surface area (Å²) in [6.45, 7) is 4.83. The molecule has 1 aromatic heterocycles. The van der Waals surface area contributed by atoms with Crippen molar-refractivity contribution in [2.75, 3.05) is 25.0 Å². The molecule has 3 aromatic rings. The minimum absolute atomic E-state index is 0.129. The molecule has 0 aliphatic carbocycles. The van der Waals surface area contributed by atoms with Gasteiger partial charge in [-0.25, -0.2) is 9.97 Å². The van der Waals surface area contributed by atoms with Crippen LogP contribution in [0.1, 0.15) is 61.6 Å². The van der Waals surface area contributed by atoms with E-state index in [9.17, 15) is 9.59 Å². The predicted molar refractivity (Wildman–Crippen MR) is 143 cm³/mol. The number of halogens is 1. The molecule has 2 amide bonds. The van der Waals surface area contributed by atoms with Gasteiger partial charge in [0, 0.05) is 29.9 Å². The van der Waals surface area contributed by atoms with Crippen LogP contribution in [0, 0.1) is 0 Å². The zero-order valence-corrected chi connectivity index (χ0v) is 21.8. The van der Waals surface area contributed by atoms with Gasteiger partial charge < -0.3 is 19.7 Å². The van der Waals surface area contributed by atoms with Crippen molar-refractivity contribution in [3.8, 4) is 17.2 Å². The maximum absolute atomic E-state index is 13.3. The number of hydrogen-bond acceptors (Lipinski definition) is 6. The molecule has 4 rings (SSSR count). The Hall–Kier alpha value is -3.65. The Kier molecular flexibility index (Phi) is 8.95. The van der Waals surface area contributed by atoms with Crippen LogP contribution >= 0.6 is 11.6 Å². The first-order valence-corrected chi connectivity index (χ1v) is 12.9. The second-order valence-corrected chi connectivity index (χ2v) is 9.65. The molecule has 0 atom stereocenters. The van der Waals surface area contributed by atoms with Crippen molar-refractivity contribution in [3.63, 3.8) is 0 Å². The number of ether oxygens (including phenoxy) is 2. The van der Waals surface area contributed by atoms with Crippen molar-refractivity contribution in [2.24, 2.45) is 0 Å². The lowest BCUT2D eigenvalue weighted by molar-refractivity contribution is -0.116. The lowest BCUT2D eigenvalue weighted by Gasteiger charge is -2.23. The van der Waals surface area contributed by atoms with Crippen LogP contribution in [0.5, 0.6) is 17.2 Å². The van der Waals surface area contributed by atoms with E-state index in [1.165, 1.54) is 17.3 Å². The summed E-state index contributed by atoms with van der Waals surface area (Å²) in [7, 11) is 0. The van der Waals surface area contributed by atoms with E-state index in [2.05, 4.69) is 15.3 Å². The van der Waals surface area contributed by atoms with Crippen molar-refractivity contribution in [1.82, 2.24) is 14.9 Å². The molecule has 2 heterocycles. The van der Waals surface area contributed by atoms with Gasteiger partial charge in [-0.15, -0.1) is 0 Å². The molecule has 0 radical (unpaired) electrons. The van der Waals surface area contributed by atoms with Gasteiger partial charge in [0.25, 0.3) is 5.91 Å². The summed E-state index contributed by atoms with van der Waals surface area (Å²) in [5.74, 6) is 1.75. The van der Waals surface area contributed by atoms with E-state index < -0.39 is 0 Å². The molecule has 1 N–H and O–H groups in total. The molecule has 37 heavy (non-hydrogen) atoms. The van der Waals surface area contributed by atoms with E-state index in [0.29, 0.717) is 52.5 Å². The molecule has 194 valence electrons. The smallest absolute Gasteiger partial charge is 0.257 e. The molecule has 9 heteroatoms. The molecule has 8 nitrogen and oxygen atoms in total.